The molecule has 0 aliphatic carbocycles. The van der Waals surface area contributed by atoms with Gasteiger partial charge in [-0.05, 0) is 51.4 Å². The van der Waals surface area contributed by atoms with Crippen LogP contribution in [0.1, 0.15) is 37.5 Å². The second-order valence-corrected chi connectivity index (χ2v) is 6.60. The summed E-state index contributed by atoms with van der Waals surface area (Å²) in [4.78, 5) is 12.0. The minimum Gasteiger partial charge on any atom is -0.379 e. The fourth-order valence-electron chi connectivity index (χ4n) is 3.88. The summed E-state index contributed by atoms with van der Waals surface area (Å²) in [5.41, 5.74) is 2.04. The van der Waals surface area contributed by atoms with Crippen molar-refractivity contribution in [3.8, 4) is 0 Å². The van der Waals surface area contributed by atoms with Gasteiger partial charge in [0.15, 0.2) is 5.65 Å². The molecule has 0 bridgehead atoms. The van der Waals surface area contributed by atoms with Crippen molar-refractivity contribution in [3.05, 3.63) is 24.2 Å². The average molecular weight is 300 g/mol. The maximum atomic E-state index is 5.71. The Kier molecular flexibility index (Phi) is 3.84. The molecule has 2 atom stereocenters. The van der Waals surface area contributed by atoms with Crippen LogP contribution >= 0.6 is 0 Å². The first kappa shape index (κ1) is 14.2. The van der Waals surface area contributed by atoms with E-state index in [1.54, 1.807) is 0 Å². The van der Waals surface area contributed by atoms with Gasteiger partial charge in [-0.1, -0.05) is 0 Å². The van der Waals surface area contributed by atoms with Crippen LogP contribution in [-0.2, 0) is 11.2 Å². The molecule has 2 saturated heterocycles. The van der Waals surface area contributed by atoms with E-state index in [0.717, 1.165) is 43.6 Å². The minimum atomic E-state index is 0.385. The van der Waals surface area contributed by atoms with E-state index in [4.69, 9.17) is 9.72 Å². The number of ether oxygens (including phenoxy) is 1. The Balaban J connectivity index is 1.72. The third-order valence-corrected chi connectivity index (χ3v) is 5.11. The number of pyridine rings is 1. The number of fused-ring (bicyclic) bond motifs is 1. The molecule has 0 saturated carbocycles. The lowest BCUT2D eigenvalue weighted by atomic mass is 10.1. The lowest BCUT2D eigenvalue weighted by Crippen LogP contribution is -2.30. The Hall–Kier alpha value is -1.46. The summed E-state index contributed by atoms with van der Waals surface area (Å²) in [7, 11) is 2.23. The highest BCUT2D eigenvalue weighted by Crippen LogP contribution is 2.28. The SMILES string of the molecule is CN1CCCC1Cc1nc2cccnc2n1C1CCCOC1. The monoisotopic (exact) mass is 300 g/mol. The molecule has 2 aliphatic heterocycles. The molecule has 5 heteroatoms. The second-order valence-electron chi connectivity index (χ2n) is 6.60. The van der Waals surface area contributed by atoms with Gasteiger partial charge in [-0.3, -0.25) is 0 Å². The zero-order valence-electron chi connectivity index (χ0n) is 13.2. The molecule has 0 spiro atoms. The average Bonchev–Trinajstić information content (AvgIpc) is 3.12. The minimum absolute atomic E-state index is 0.385. The van der Waals surface area contributed by atoms with Crippen LogP contribution in [-0.4, -0.2) is 52.3 Å². The number of rotatable bonds is 3. The van der Waals surface area contributed by atoms with Crippen molar-refractivity contribution < 1.29 is 4.74 Å². The van der Waals surface area contributed by atoms with E-state index >= 15 is 0 Å². The summed E-state index contributed by atoms with van der Waals surface area (Å²) < 4.78 is 8.08. The molecule has 0 amide bonds. The van der Waals surface area contributed by atoms with Gasteiger partial charge in [0.05, 0.1) is 12.6 Å². The van der Waals surface area contributed by atoms with Crippen LogP contribution in [0.15, 0.2) is 18.3 Å². The molecule has 4 rings (SSSR count). The van der Waals surface area contributed by atoms with Crippen molar-refractivity contribution in [1.82, 2.24) is 19.4 Å². The molecule has 2 aromatic heterocycles. The van der Waals surface area contributed by atoms with Gasteiger partial charge in [0.25, 0.3) is 0 Å². The summed E-state index contributed by atoms with van der Waals surface area (Å²) in [6.07, 6.45) is 7.75. The van der Waals surface area contributed by atoms with E-state index in [1.807, 2.05) is 12.3 Å². The van der Waals surface area contributed by atoms with Crippen LogP contribution in [0.3, 0.4) is 0 Å². The van der Waals surface area contributed by atoms with Gasteiger partial charge in [-0.25, -0.2) is 9.97 Å². The Morgan fingerprint density at radius 2 is 2.27 bits per heavy atom. The predicted octanol–water partition coefficient (Wildman–Crippen LogP) is 2.42. The number of nitrogens with zero attached hydrogens (tertiary/aromatic N) is 4. The van der Waals surface area contributed by atoms with E-state index in [0.29, 0.717) is 12.1 Å². The smallest absolute Gasteiger partial charge is 0.160 e. The van der Waals surface area contributed by atoms with Crippen LogP contribution in [0, 0.1) is 0 Å². The fourth-order valence-corrected chi connectivity index (χ4v) is 3.88. The summed E-state index contributed by atoms with van der Waals surface area (Å²) >= 11 is 0. The molecular weight excluding hydrogens is 276 g/mol. The summed E-state index contributed by atoms with van der Waals surface area (Å²) in [6, 6.07) is 5.04. The molecule has 2 unspecified atom stereocenters. The van der Waals surface area contributed by atoms with Gasteiger partial charge in [0, 0.05) is 25.3 Å². The largest absolute Gasteiger partial charge is 0.379 e. The molecule has 22 heavy (non-hydrogen) atoms. The highest BCUT2D eigenvalue weighted by atomic mass is 16.5. The first-order valence-corrected chi connectivity index (χ1v) is 8.43. The van der Waals surface area contributed by atoms with Gasteiger partial charge in [-0.2, -0.15) is 0 Å². The van der Waals surface area contributed by atoms with Crippen LogP contribution in [0.25, 0.3) is 11.2 Å². The molecule has 5 nitrogen and oxygen atoms in total. The molecule has 0 N–H and O–H groups in total. The van der Waals surface area contributed by atoms with Crippen molar-refractivity contribution in [3.63, 3.8) is 0 Å². The van der Waals surface area contributed by atoms with E-state index < -0.39 is 0 Å². The van der Waals surface area contributed by atoms with Crippen molar-refractivity contribution in [2.45, 2.75) is 44.2 Å². The van der Waals surface area contributed by atoms with Gasteiger partial charge < -0.3 is 14.2 Å². The van der Waals surface area contributed by atoms with E-state index in [2.05, 4.69) is 27.6 Å². The van der Waals surface area contributed by atoms with Crippen molar-refractivity contribution in [2.75, 3.05) is 26.8 Å². The molecule has 2 aromatic rings. The first-order valence-electron chi connectivity index (χ1n) is 8.43. The maximum absolute atomic E-state index is 5.71. The van der Waals surface area contributed by atoms with Crippen molar-refractivity contribution >= 4 is 11.2 Å². The third kappa shape index (κ3) is 2.52. The summed E-state index contributed by atoms with van der Waals surface area (Å²) in [6.45, 7) is 2.88. The zero-order valence-corrected chi connectivity index (χ0v) is 13.2. The number of likely N-dealkylation sites (N-methyl/N-ethyl adjacent to an activating group) is 1. The van der Waals surface area contributed by atoms with E-state index in [9.17, 15) is 0 Å². The van der Waals surface area contributed by atoms with Crippen molar-refractivity contribution in [2.24, 2.45) is 0 Å². The molecule has 2 fully saturated rings. The lowest BCUT2D eigenvalue weighted by Gasteiger charge is -2.26. The predicted molar refractivity (Wildman–Crippen MR) is 86.0 cm³/mol. The van der Waals surface area contributed by atoms with Gasteiger partial charge in [-0.15, -0.1) is 0 Å². The lowest BCUT2D eigenvalue weighted by molar-refractivity contribution is 0.0591. The number of aromatic nitrogens is 3. The Morgan fingerprint density at radius 3 is 3.05 bits per heavy atom. The number of likely N-dealkylation sites (tertiary alicyclic amines) is 1. The van der Waals surface area contributed by atoms with Crippen LogP contribution in [0.2, 0.25) is 0 Å². The normalized spacial score (nSPS) is 26.8. The van der Waals surface area contributed by atoms with Gasteiger partial charge in [0.2, 0.25) is 0 Å². The highest BCUT2D eigenvalue weighted by Gasteiger charge is 2.27. The third-order valence-electron chi connectivity index (χ3n) is 5.11. The Bertz CT molecular complexity index is 647. The Morgan fingerprint density at radius 1 is 1.32 bits per heavy atom. The zero-order chi connectivity index (χ0) is 14.9. The number of hydrogen-bond acceptors (Lipinski definition) is 4. The molecule has 0 radical (unpaired) electrons. The summed E-state index contributed by atoms with van der Waals surface area (Å²) in [5, 5.41) is 0. The maximum Gasteiger partial charge on any atom is 0.160 e. The Labute approximate surface area is 131 Å². The highest BCUT2D eigenvalue weighted by molar-refractivity contribution is 5.71. The van der Waals surface area contributed by atoms with Crippen LogP contribution in [0.4, 0.5) is 0 Å². The van der Waals surface area contributed by atoms with Crippen LogP contribution < -0.4 is 0 Å². The van der Waals surface area contributed by atoms with E-state index in [1.165, 1.54) is 25.2 Å². The summed E-state index contributed by atoms with van der Waals surface area (Å²) in [5.74, 6) is 1.18. The number of imidazole rings is 1. The van der Waals surface area contributed by atoms with Crippen molar-refractivity contribution in [1.29, 1.82) is 0 Å². The van der Waals surface area contributed by atoms with Crippen LogP contribution in [0.5, 0.6) is 0 Å². The second kappa shape index (κ2) is 5.97. The van der Waals surface area contributed by atoms with Gasteiger partial charge >= 0.3 is 0 Å². The quantitative estimate of drug-likeness (QED) is 0.873. The van der Waals surface area contributed by atoms with Gasteiger partial charge in [0.1, 0.15) is 11.3 Å². The molecule has 2 aliphatic rings. The topological polar surface area (TPSA) is 43.2 Å². The molecule has 118 valence electrons. The first-order chi connectivity index (χ1) is 10.8. The number of hydrogen-bond donors (Lipinski definition) is 0. The standard InChI is InChI=1S/C17H24N4O/c1-20-9-3-5-13(20)11-16-19-15-7-2-8-18-17(15)21(16)14-6-4-10-22-12-14/h2,7-8,13-14H,3-6,9-12H2,1H3. The molecular formula is C17H24N4O. The molecule has 0 aromatic carbocycles. The fraction of sp³-hybridized carbons (Fsp3) is 0.647. The molecule has 4 heterocycles. The van der Waals surface area contributed by atoms with E-state index in [-0.39, 0.29) is 0 Å².